The molecular formula is C13H18N2O2. The van der Waals surface area contributed by atoms with Gasteiger partial charge < -0.3 is 19.8 Å². The fourth-order valence-electron chi connectivity index (χ4n) is 2.28. The van der Waals surface area contributed by atoms with Gasteiger partial charge in [0.1, 0.15) is 11.5 Å². The summed E-state index contributed by atoms with van der Waals surface area (Å²) in [6.45, 7) is 4.15. The van der Waals surface area contributed by atoms with Crippen molar-refractivity contribution in [3.63, 3.8) is 0 Å². The molecule has 0 atom stereocenters. The summed E-state index contributed by atoms with van der Waals surface area (Å²) >= 11 is 0. The second-order valence-corrected chi connectivity index (χ2v) is 4.19. The van der Waals surface area contributed by atoms with Gasteiger partial charge in [0, 0.05) is 24.2 Å². The zero-order chi connectivity index (χ0) is 12.7. The highest BCUT2D eigenvalue weighted by molar-refractivity contribution is 6.01. The number of benzene rings is 1. The SMILES string of the molecule is COc1cc(OC)c2c(C)c(C)n(C)c2c1N. The summed E-state index contributed by atoms with van der Waals surface area (Å²) in [5.74, 6) is 1.45. The molecule has 1 aromatic carbocycles. The molecule has 0 fully saturated rings. The summed E-state index contributed by atoms with van der Waals surface area (Å²) in [6, 6.07) is 1.84. The van der Waals surface area contributed by atoms with Crippen molar-refractivity contribution in [3.05, 3.63) is 17.3 Å². The van der Waals surface area contributed by atoms with Gasteiger partial charge in [-0.2, -0.15) is 0 Å². The minimum Gasteiger partial charge on any atom is -0.496 e. The van der Waals surface area contributed by atoms with Gasteiger partial charge in [0.15, 0.2) is 0 Å². The summed E-state index contributed by atoms with van der Waals surface area (Å²) in [6.07, 6.45) is 0. The smallest absolute Gasteiger partial charge is 0.147 e. The minimum atomic E-state index is 0.648. The number of fused-ring (bicyclic) bond motifs is 1. The first kappa shape index (κ1) is 11.6. The van der Waals surface area contributed by atoms with Crippen molar-refractivity contribution in [2.24, 2.45) is 7.05 Å². The Hall–Kier alpha value is -1.84. The number of nitrogens with zero attached hydrogens (tertiary/aromatic N) is 1. The van der Waals surface area contributed by atoms with Crippen molar-refractivity contribution in [1.82, 2.24) is 4.57 Å². The Morgan fingerprint density at radius 3 is 2.24 bits per heavy atom. The van der Waals surface area contributed by atoms with Crippen molar-refractivity contribution in [2.75, 3.05) is 20.0 Å². The highest BCUT2D eigenvalue weighted by atomic mass is 16.5. The molecule has 2 rings (SSSR count). The average Bonchev–Trinajstić information content (AvgIpc) is 2.56. The summed E-state index contributed by atoms with van der Waals surface area (Å²) in [4.78, 5) is 0. The number of methoxy groups -OCH3 is 2. The van der Waals surface area contributed by atoms with Gasteiger partial charge in [-0.05, 0) is 19.4 Å². The molecule has 4 nitrogen and oxygen atoms in total. The molecule has 17 heavy (non-hydrogen) atoms. The molecule has 0 amide bonds. The Bertz CT molecular complexity index is 585. The summed E-state index contributed by atoms with van der Waals surface area (Å²) in [5, 5.41) is 1.06. The van der Waals surface area contributed by atoms with Gasteiger partial charge in [-0.1, -0.05) is 0 Å². The molecular weight excluding hydrogens is 216 g/mol. The zero-order valence-electron chi connectivity index (χ0n) is 10.9. The van der Waals surface area contributed by atoms with E-state index in [0.29, 0.717) is 11.4 Å². The van der Waals surface area contributed by atoms with E-state index in [-0.39, 0.29) is 0 Å². The standard InChI is InChI=1S/C13H18N2O2/c1-7-8(2)15(3)13-11(7)9(16-4)6-10(17-5)12(13)14/h6H,14H2,1-5H3. The maximum atomic E-state index is 6.13. The third-order valence-corrected chi connectivity index (χ3v) is 3.46. The van der Waals surface area contributed by atoms with E-state index in [9.17, 15) is 0 Å². The molecule has 2 N–H and O–H groups in total. The van der Waals surface area contributed by atoms with Crippen LogP contribution in [0.2, 0.25) is 0 Å². The number of hydrogen-bond donors (Lipinski definition) is 1. The first-order valence-electron chi connectivity index (χ1n) is 5.49. The molecule has 0 unspecified atom stereocenters. The third kappa shape index (κ3) is 1.44. The van der Waals surface area contributed by atoms with E-state index < -0.39 is 0 Å². The number of aryl methyl sites for hydroxylation is 2. The molecule has 0 bridgehead atoms. The average molecular weight is 234 g/mol. The van der Waals surface area contributed by atoms with Crippen LogP contribution in [0.5, 0.6) is 11.5 Å². The molecule has 1 heterocycles. The predicted molar refractivity (Wildman–Crippen MR) is 69.9 cm³/mol. The van der Waals surface area contributed by atoms with Gasteiger partial charge >= 0.3 is 0 Å². The van der Waals surface area contributed by atoms with Crippen LogP contribution in [0.4, 0.5) is 5.69 Å². The van der Waals surface area contributed by atoms with Crippen molar-refractivity contribution >= 4 is 16.6 Å². The van der Waals surface area contributed by atoms with Gasteiger partial charge in [-0.25, -0.2) is 0 Å². The van der Waals surface area contributed by atoms with Crippen molar-refractivity contribution in [1.29, 1.82) is 0 Å². The number of rotatable bonds is 2. The summed E-state index contributed by atoms with van der Waals surface area (Å²) < 4.78 is 12.8. The molecule has 0 saturated heterocycles. The van der Waals surface area contributed by atoms with Crippen LogP contribution in [0.1, 0.15) is 11.3 Å². The number of hydrogen-bond acceptors (Lipinski definition) is 3. The topological polar surface area (TPSA) is 49.4 Å². The Labute approximate surface area is 101 Å². The number of nitrogens with two attached hydrogens (primary N) is 1. The van der Waals surface area contributed by atoms with Gasteiger partial charge in [0.05, 0.1) is 25.4 Å². The van der Waals surface area contributed by atoms with E-state index in [2.05, 4.69) is 18.4 Å². The largest absolute Gasteiger partial charge is 0.496 e. The third-order valence-electron chi connectivity index (χ3n) is 3.46. The van der Waals surface area contributed by atoms with E-state index in [4.69, 9.17) is 15.2 Å². The van der Waals surface area contributed by atoms with Crippen LogP contribution in [0.15, 0.2) is 6.07 Å². The fourth-order valence-corrected chi connectivity index (χ4v) is 2.28. The van der Waals surface area contributed by atoms with E-state index in [1.165, 1.54) is 11.3 Å². The number of anilines is 1. The van der Waals surface area contributed by atoms with Crippen LogP contribution in [0, 0.1) is 13.8 Å². The molecule has 0 aliphatic carbocycles. The molecule has 92 valence electrons. The molecule has 0 saturated carbocycles. The van der Waals surface area contributed by atoms with Crippen LogP contribution in [0.3, 0.4) is 0 Å². The van der Waals surface area contributed by atoms with Gasteiger partial charge in [-0.15, -0.1) is 0 Å². The monoisotopic (exact) mass is 234 g/mol. The number of ether oxygens (including phenoxy) is 2. The number of nitrogen functional groups attached to an aromatic ring is 1. The molecule has 4 heteroatoms. The van der Waals surface area contributed by atoms with Gasteiger partial charge in [0.2, 0.25) is 0 Å². The first-order chi connectivity index (χ1) is 8.02. The molecule has 2 aromatic rings. The summed E-state index contributed by atoms with van der Waals surface area (Å²) in [7, 11) is 5.27. The zero-order valence-corrected chi connectivity index (χ0v) is 10.9. The molecule has 0 aliphatic rings. The Morgan fingerprint density at radius 1 is 1.12 bits per heavy atom. The fraction of sp³-hybridized carbons (Fsp3) is 0.385. The lowest BCUT2D eigenvalue weighted by Crippen LogP contribution is -1.99. The summed E-state index contributed by atoms with van der Waals surface area (Å²) in [5.41, 5.74) is 10.1. The van der Waals surface area contributed by atoms with E-state index >= 15 is 0 Å². The minimum absolute atomic E-state index is 0.648. The number of aromatic nitrogens is 1. The van der Waals surface area contributed by atoms with Crippen LogP contribution >= 0.6 is 0 Å². The molecule has 1 aromatic heterocycles. The van der Waals surface area contributed by atoms with Crippen molar-refractivity contribution < 1.29 is 9.47 Å². The molecule has 0 radical (unpaired) electrons. The highest BCUT2D eigenvalue weighted by Crippen LogP contribution is 2.41. The first-order valence-corrected chi connectivity index (χ1v) is 5.49. The quantitative estimate of drug-likeness (QED) is 0.812. The van der Waals surface area contributed by atoms with E-state index in [0.717, 1.165) is 16.7 Å². The van der Waals surface area contributed by atoms with Crippen molar-refractivity contribution in [3.8, 4) is 11.5 Å². The molecule has 0 aliphatic heterocycles. The van der Waals surface area contributed by atoms with Gasteiger partial charge in [0.25, 0.3) is 0 Å². The van der Waals surface area contributed by atoms with E-state index in [1.54, 1.807) is 14.2 Å². The normalized spacial score (nSPS) is 10.9. The van der Waals surface area contributed by atoms with Crippen molar-refractivity contribution in [2.45, 2.75) is 13.8 Å². The second kappa shape index (κ2) is 3.87. The lowest BCUT2D eigenvalue weighted by atomic mass is 10.1. The highest BCUT2D eigenvalue weighted by Gasteiger charge is 2.18. The van der Waals surface area contributed by atoms with Crippen LogP contribution in [-0.4, -0.2) is 18.8 Å². The van der Waals surface area contributed by atoms with Crippen LogP contribution in [-0.2, 0) is 7.05 Å². The predicted octanol–water partition coefficient (Wildman–Crippen LogP) is 2.39. The lowest BCUT2D eigenvalue weighted by Gasteiger charge is -2.11. The van der Waals surface area contributed by atoms with Crippen LogP contribution in [0.25, 0.3) is 10.9 Å². The van der Waals surface area contributed by atoms with Crippen LogP contribution < -0.4 is 15.2 Å². The lowest BCUT2D eigenvalue weighted by molar-refractivity contribution is 0.399. The Balaban J connectivity index is 3.00. The Morgan fingerprint density at radius 2 is 1.71 bits per heavy atom. The van der Waals surface area contributed by atoms with Gasteiger partial charge in [-0.3, -0.25) is 0 Å². The maximum Gasteiger partial charge on any atom is 0.147 e. The maximum absolute atomic E-state index is 6.13. The Kier molecular flexibility index (Phi) is 2.65. The molecule has 0 spiro atoms. The second-order valence-electron chi connectivity index (χ2n) is 4.19. The van der Waals surface area contributed by atoms with E-state index in [1.807, 2.05) is 13.1 Å².